The Balaban J connectivity index is 1.31. The third-order valence-electron chi connectivity index (χ3n) is 6.99. The van der Waals surface area contributed by atoms with Crippen molar-refractivity contribution in [2.75, 3.05) is 18.8 Å². The van der Waals surface area contributed by atoms with E-state index in [1.54, 1.807) is 30.6 Å². The van der Waals surface area contributed by atoms with Gasteiger partial charge in [0.15, 0.2) is 5.82 Å². The maximum atomic E-state index is 15.9. The normalized spacial score (nSPS) is 14.3. The van der Waals surface area contributed by atoms with Crippen LogP contribution in [0.2, 0.25) is 0 Å². The molecule has 1 saturated heterocycles. The molecule has 7 nitrogen and oxygen atoms in total. The number of hydrogen-bond donors (Lipinski definition) is 2. The molecular weight excluding hydrogens is 484 g/mol. The number of aromatic amines is 1. The molecule has 5 aromatic rings. The number of likely N-dealkylation sites (tertiary alicyclic amines) is 1. The van der Waals surface area contributed by atoms with Gasteiger partial charge in [-0.3, -0.25) is 19.9 Å². The summed E-state index contributed by atoms with van der Waals surface area (Å²) in [5, 5.41) is 0. The van der Waals surface area contributed by atoms with Crippen molar-refractivity contribution in [3.63, 3.8) is 0 Å². The van der Waals surface area contributed by atoms with Crippen LogP contribution in [0.15, 0.2) is 61.2 Å². The van der Waals surface area contributed by atoms with Gasteiger partial charge in [0.05, 0.1) is 23.1 Å². The number of nitrogens with one attached hydrogen (secondary N) is 1. The minimum atomic E-state index is -0.487. The van der Waals surface area contributed by atoms with Crippen molar-refractivity contribution >= 4 is 16.7 Å². The Morgan fingerprint density at radius 1 is 0.895 bits per heavy atom. The molecule has 0 bridgehead atoms. The predicted octanol–water partition coefficient (Wildman–Crippen LogP) is 5.52. The summed E-state index contributed by atoms with van der Waals surface area (Å²) >= 11 is 0. The van der Waals surface area contributed by atoms with Crippen LogP contribution in [0.3, 0.4) is 0 Å². The number of fused-ring (bicyclic) bond motifs is 1. The van der Waals surface area contributed by atoms with Crippen molar-refractivity contribution in [3.05, 3.63) is 89.8 Å². The van der Waals surface area contributed by atoms with Crippen LogP contribution in [0.4, 0.5) is 14.5 Å². The Morgan fingerprint density at radius 2 is 1.71 bits per heavy atom. The fourth-order valence-electron chi connectivity index (χ4n) is 5.06. The van der Waals surface area contributed by atoms with E-state index in [1.165, 1.54) is 37.6 Å². The molecule has 9 heteroatoms. The minimum absolute atomic E-state index is 0.144. The van der Waals surface area contributed by atoms with Crippen LogP contribution in [0.5, 0.6) is 0 Å². The zero-order chi connectivity index (χ0) is 26.1. The smallest absolute Gasteiger partial charge is 0.155 e. The molecule has 1 aliphatic rings. The van der Waals surface area contributed by atoms with Crippen molar-refractivity contribution in [1.29, 1.82) is 0 Å². The molecule has 3 N–H and O–H groups in total. The number of hydrogen-bond acceptors (Lipinski definition) is 6. The number of benzene rings is 1. The summed E-state index contributed by atoms with van der Waals surface area (Å²) in [4.78, 5) is 23.5. The van der Waals surface area contributed by atoms with Crippen LogP contribution in [-0.4, -0.2) is 42.9 Å². The Labute approximate surface area is 218 Å². The van der Waals surface area contributed by atoms with Gasteiger partial charge in [0.1, 0.15) is 22.9 Å². The molecule has 1 aromatic carbocycles. The average molecular weight is 512 g/mol. The van der Waals surface area contributed by atoms with Crippen LogP contribution < -0.4 is 5.73 Å². The number of H-pyrrole nitrogens is 1. The van der Waals surface area contributed by atoms with Gasteiger partial charge in [-0.2, -0.15) is 0 Å². The number of piperidine rings is 1. The van der Waals surface area contributed by atoms with Crippen molar-refractivity contribution in [2.45, 2.75) is 32.2 Å². The van der Waals surface area contributed by atoms with E-state index in [0.717, 1.165) is 36.3 Å². The first-order valence-electron chi connectivity index (χ1n) is 12.7. The van der Waals surface area contributed by atoms with E-state index in [4.69, 9.17) is 10.7 Å². The van der Waals surface area contributed by atoms with Crippen LogP contribution in [0.1, 0.15) is 36.2 Å². The number of halogens is 2. The molecule has 6 rings (SSSR count). The monoisotopic (exact) mass is 511 g/mol. The molecule has 1 aliphatic heterocycles. The van der Waals surface area contributed by atoms with E-state index in [2.05, 4.69) is 24.8 Å². The quantitative estimate of drug-likeness (QED) is 0.312. The summed E-state index contributed by atoms with van der Waals surface area (Å²) in [6.07, 6.45) is 10.4. The van der Waals surface area contributed by atoms with E-state index in [-0.39, 0.29) is 23.6 Å². The number of nitrogens with zero attached hydrogens (tertiary/aromatic N) is 5. The molecule has 1 fully saturated rings. The molecule has 0 spiro atoms. The number of aromatic nitrogens is 5. The maximum Gasteiger partial charge on any atom is 0.155 e. The second kappa shape index (κ2) is 10.3. The van der Waals surface area contributed by atoms with Crippen LogP contribution in [-0.2, 0) is 13.0 Å². The minimum Gasteiger partial charge on any atom is -0.397 e. The molecular formula is C29H27F2N7. The molecule has 4 aromatic heterocycles. The standard InChI is InChI=1S/C29H27F2N7/c30-21-6-4-19(5-7-21)28-29-24(8-9-34-28)36-25(37-29)13-22-23(32)16-35-27(26(22)31)20-12-18(14-33-15-20)17-38-10-2-1-3-11-38/h4-9,12,14-16H,1-3,10-11,13,17,32H2,(H,36,37). The summed E-state index contributed by atoms with van der Waals surface area (Å²) in [5.41, 5.74) is 11.3. The van der Waals surface area contributed by atoms with Crippen LogP contribution in [0.25, 0.3) is 33.5 Å². The topological polar surface area (TPSA) is 96.6 Å². The zero-order valence-corrected chi connectivity index (χ0v) is 20.8. The number of nitrogens with two attached hydrogens (primary N) is 1. The Bertz CT molecular complexity index is 1590. The fraction of sp³-hybridized carbons (Fsp3) is 0.241. The molecule has 0 saturated carbocycles. The van der Waals surface area contributed by atoms with Crippen molar-refractivity contribution in [2.24, 2.45) is 0 Å². The summed E-state index contributed by atoms with van der Waals surface area (Å²) in [6.45, 7) is 2.92. The highest BCUT2D eigenvalue weighted by Crippen LogP contribution is 2.30. The Hall–Kier alpha value is -4.24. The van der Waals surface area contributed by atoms with E-state index in [1.807, 2.05) is 12.3 Å². The highest BCUT2D eigenvalue weighted by atomic mass is 19.1. The van der Waals surface area contributed by atoms with Gasteiger partial charge in [0.2, 0.25) is 0 Å². The number of nitrogen functional groups attached to an aromatic ring is 1. The highest BCUT2D eigenvalue weighted by molar-refractivity contribution is 5.89. The van der Waals surface area contributed by atoms with Crippen LogP contribution in [0, 0.1) is 11.6 Å². The molecule has 38 heavy (non-hydrogen) atoms. The largest absolute Gasteiger partial charge is 0.397 e. The van der Waals surface area contributed by atoms with Crippen molar-refractivity contribution < 1.29 is 8.78 Å². The van der Waals surface area contributed by atoms with E-state index < -0.39 is 5.82 Å². The molecule has 5 heterocycles. The van der Waals surface area contributed by atoms with Gasteiger partial charge in [-0.25, -0.2) is 13.8 Å². The van der Waals surface area contributed by atoms with Gasteiger partial charge in [0, 0.05) is 48.2 Å². The first kappa shape index (κ1) is 24.1. The number of anilines is 1. The molecule has 0 aliphatic carbocycles. The Morgan fingerprint density at radius 3 is 2.53 bits per heavy atom. The first-order chi connectivity index (χ1) is 18.5. The first-order valence-corrected chi connectivity index (χ1v) is 12.7. The molecule has 0 unspecified atom stereocenters. The SMILES string of the molecule is Nc1cnc(-c2cncc(CN3CCCCC3)c2)c(F)c1Cc1nc2c(-c3ccc(F)cc3)nccc2[nH]1. The number of rotatable bonds is 6. The third kappa shape index (κ3) is 4.84. The van der Waals surface area contributed by atoms with Crippen molar-refractivity contribution in [3.8, 4) is 22.5 Å². The number of imidazole rings is 1. The molecule has 192 valence electrons. The second-order valence-electron chi connectivity index (χ2n) is 9.70. The van der Waals surface area contributed by atoms with Gasteiger partial charge < -0.3 is 10.7 Å². The lowest BCUT2D eigenvalue weighted by molar-refractivity contribution is 0.220. The number of pyridine rings is 3. The molecule has 0 amide bonds. The molecule has 0 atom stereocenters. The van der Waals surface area contributed by atoms with E-state index >= 15 is 4.39 Å². The summed E-state index contributed by atoms with van der Waals surface area (Å²) in [7, 11) is 0. The van der Waals surface area contributed by atoms with Crippen LogP contribution >= 0.6 is 0 Å². The summed E-state index contributed by atoms with van der Waals surface area (Å²) in [6, 6.07) is 9.84. The van der Waals surface area contributed by atoms with Gasteiger partial charge in [0.25, 0.3) is 0 Å². The van der Waals surface area contributed by atoms with Gasteiger partial charge in [-0.1, -0.05) is 6.42 Å². The lowest BCUT2D eigenvalue weighted by atomic mass is 10.0. The highest BCUT2D eigenvalue weighted by Gasteiger charge is 2.19. The summed E-state index contributed by atoms with van der Waals surface area (Å²) < 4.78 is 29.3. The van der Waals surface area contributed by atoms with Crippen molar-refractivity contribution in [1.82, 2.24) is 29.8 Å². The van der Waals surface area contributed by atoms with E-state index in [9.17, 15) is 4.39 Å². The average Bonchev–Trinajstić information content (AvgIpc) is 3.35. The molecule has 0 radical (unpaired) electrons. The lowest BCUT2D eigenvalue weighted by Gasteiger charge is -2.26. The van der Waals surface area contributed by atoms with Gasteiger partial charge >= 0.3 is 0 Å². The Kier molecular flexibility index (Phi) is 6.51. The lowest BCUT2D eigenvalue weighted by Crippen LogP contribution is -2.29. The third-order valence-corrected chi connectivity index (χ3v) is 6.99. The second-order valence-corrected chi connectivity index (χ2v) is 9.70. The summed E-state index contributed by atoms with van der Waals surface area (Å²) in [5.74, 6) is -0.273. The fourth-order valence-corrected chi connectivity index (χ4v) is 5.06. The predicted molar refractivity (Wildman–Crippen MR) is 143 cm³/mol. The zero-order valence-electron chi connectivity index (χ0n) is 20.8. The van der Waals surface area contributed by atoms with Gasteiger partial charge in [-0.05, 0) is 67.9 Å². The van der Waals surface area contributed by atoms with Gasteiger partial charge in [-0.15, -0.1) is 0 Å². The maximum absolute atomic E-state index is 15.9. The van der Waals surface area contributed by atoms with E-state index in [0.29, 0.717) is 28.2 Å².